The molecule has 0 bridgehead atoms. The lowest BCUT2D eigenvalue weighted by molar-refractivity contribution is -0.118. The van der Waals surface area contributed by atoms with E-state index in [-0.39, 0.29) is 12.2 Å². The van der Waals surface area contributed by atoms with Crippen LogP contribution in [0.1, 0.15) is 22.0 Å². The van der Waals surface area contributed by atoms with Crippen LogP contribution in [0.25, 0.3) is 5.69 Å². The van der Waals surface area contributed by atoms with Gasteiger partial charge in [-0.05, 0) is 17.7 Å². The molecule has 1 atom stereocenters. The minimum Gasteiger partial charge on any atom is -0.394 e. The SMILES string of the molecule is O=C(NC(CO)c1ccccc1)C(=O)c1cnn(-c2ccccc2)c1. The van der Waals surface area contributed by atoms with Gasteiger partial charge in [0.05, 0.1) is 30.1 Å². The van der Waals surface area contributed by atoms with Crippen molar-refractivity contribution in [1.29, 1.82) is 0 Å². The zero-order valence-electron chi connectivity index (χ0n) is 13.4. The van der Waals surface area contributed by atoms with E-state index in [0.717, 1.165) is 11.3 Å². The van der Waals surface area contributed by atoms with Gasteiger partial charge in [0.15, 0.2) is 0 Å². The molecule has 1 amide bonds. The molecule has 0 spiro atoms. The molecule has 3 rings (SSSR count). The Morgan fingerprint density at radius 2 is 1.68 bits per heavy atom. The molecular weight excluding hydrogens is 318 g/mol. The first-order valence-corrected chi connectivity index (χ1v) is 7.80. The van der Waals surface area contributed by atoms with E-state index >= 15 is 0 Å². The highest BCUT2D eigenvalue weighted by molar-refractivity contribution is 6.42. The molecule has 0 fully saturated rings. The van der Waals surface area contributed by atoms with Crippen molar-refractivity contribution in [2.45, 2.75) is 6.04 Å². The number of hydrogen-bond donors (Lipinski definition) is 2. The molecule has 6 nitrogen and oxygen atoms in total. The number of rotatable bonds is 6. The van der Waals surface area contributed by atoms with Crippen LogP contribution in [-0.2, 0) is 4.79 Å². The number of carbonyl (C=O) groups excluding carboxylic acids is 2. The number of carbonyl (C=O) groups is 2. The number of nitrogens with one attached hydrogen (secondary N) is 1. The highest BCUT2D eigenvalue weighted by atomic mass is 16.3. The van der Waals surface area contributed by atoms with E-state index in [1.54, 1.807) is 24.3 Å². The first kappa shape index (κ1) is 16.6. The van der Waals surface area contributed by atoms with Crippen molar-refractivity contribution in [2.24, 2.45) is 0 Å². The predicted molar refractivity (Wildman–Crippen MR) is 92.3 cm³/mol. The summed E-state index contributed by atoms with van der Waals surface area (Å²) in [5, 5.41) is 16.2. The van der Waals surface area contributed by atoms with E-state index in [4.69, 9.17) is 0 Å². The molecular formula is C19H17N3O3. The van der Waals surface area contributed by atoms with Crippen molar-refractivity contribution in [1.82, 2.24) is 15.1 Å². The van der Waals surface area contributed by atoms with E-state index in [2.05, 4.69) is 10.4 Å². The smallest absolute Gasteiger partial charge is 0.293 e. The second kappa shape index (κ2) is 7.55. The number of nitrogens with zero attached hydrogens (tertiary/aromatic N) is 2. The maximum absolute atomic E-state index is 12.3. The number of Topliss-reactive ketones (excluding diaryl/α,β-unsaturated/α-hetero) is 1. The van der Waals surface area contributed by atoms with E-state index in [0.29, 0.717) is 0 Å². The van der Waals surface area contributed by atoms with E-state index in [1.807, 2.05) is 36.4 Å². The molecule has 0 saturated carbocycles. The van der Waals surface area contributed by atoms with Crippen molar-refractivity contribution >= 4 is 11.7 Å². The molecule has 25 heavy (non-hydrogen) atoms. The summed E-state index contributed by atoms with van der Waals surface area (Å²) < 4.78 is 1.53. The third kappa shape index (κ3) is 3.81. The number of para-hydroxylation sites is 1. The number of aliphatic hydroxyl groups excluding tert-OH is 1. The monoisotopic (exact) mass is 335 g/mol. The maximum Gasteiger partial charge on any atom is 0.293 e. The van der Waals surface area contributed by atoms with Gasteiger partial charge in [-0.3, -0.25) is 9.59 Å². The summed E-state index contributed by atoms with van der Waals surface area (Å²) in [7, 11) is 0. The molecule has 0 radical (unpaired) electrons. The van der Waals surface area contributed by atoms with Gasteiger partial charge in [0.25, 0.3) is 11.7 Å². The standard InChI is InChI=1S/C19H17N3O3/c23-13-17(14-7-3-1-4-8-14)21-19(25)18(24)15-11-20-22(12-15)16-9-5-2-6-10-16/h1-12,17,23H,13H2,(H,21,25). The van der Waals surface area contributed by atoms with Crippen molar-refractivity contribution in [2.75, 3.05) is 6.61 Å². The Kier molecular flexibility index (Phi) is 5.01. The third-order valence-electron chi connectivity index (χ3n) is 3.76. The molecule has 1 heterocycles. The molecule has 2 aromatic carbocycles. The molecule has 2 N–H and O–H groups in total. The van der Waals surface area contributed by atoms with Gasteiger partial charge in [0.1, 0.15) is 0 Å². The number of aliphatic hydroxyl groups is 1. The van der Waals surface area contributed by atoms with E-state index in [1.165, 1.54) is 17.1 Å². The zero-order valence-corrected chi connectivity index (χ0v) is 13.4. The van der Waals surface area contributed by atoms with Crippen molar-refractivity contribution in [3.05, 3.63) is 84.2 Å². The lowest BCUT2D eigenvalue weighted by atomic mass is 10.1. The van der Waals surface area contributed by atoms with Gasteiger partial charge >= 0.3 is 0 Å². The van der Waals surface area contributed by atoms with Gasteiger partial charge < -0.3 is 10.4 Å². The first-order chi connectivity index (χ1) is 12.2. The highest BCUT2D eigenvalue weighted by Crippen LogP contribution is 2.13. The second-order valence-corrected chi connectivity index (χ2v) is 5.46. The van der Waals surface area contributed by atoms with Gasteiger partial charge in [0.2, 0.25) is 0 Å². The summed E-state index contributed by atoms with van der Waals surface area (Å²) >= 11 is 0. The van der Waals surface area contributed by atoms with Crippen LogP contribution in [0.2, 0.25) is 0 Å². The molecule has 0 aliphatic rings. The summed E-state index contributed by atoms with van der Waals surface area (Å²) in [4.78, 5) is 24.5. The van der Waals surface area contributed by atoms with Crippen LogP contribution in [0.5, 0.6) is 0 Å². The Morgan fingerprint density at radius 1 is 1.04 bits per heavy atom. The quantitative estimate of drug-likeness (QED) is 0.532. The van der Waals surface area contributed by atoms with Crippen LogP contribution in [0.15, 0.2) is 73.1 Å². The molecule has 6 heteroatoms. The Labute approximate surface area is 144 Å². The summed E-state index contributed by atoms with van der Waals surface area (Å²) in [5.74, 6) is -1.48. The lowest BCUT2D eigenvalue weighted by Crippen LogP contribution is -2.35. The molecule has 0 aliphatic heterocycles. The lowest BCUT2D eigenvalue weighted by Gasteiger charge is -2.15. The summed E-state index contributed by atoms with van der Waals surface area (Å²) in [6.45, 7) is -0.299. The van der Waals surface area contributed by atoms with Gasteiger partial charge in [-0.1, -0.05) is 48.5 Å². The zero-order chi connectivity index (χ0) is 17.6. The molecule has 3 aromatic rings. The Balaban J connectivity index is 1.72. The third-order valence-corrected chi connectivity index (χ3v) is 3.76. The number of amides is 1. The Morgan fingerprint density at radius 3 is 2.32 bits per heavy atom. The highest BCUT2D eigenvalue weighted by Gasteiger charge is 2.22. The van der Waals surface area contributed by atoms with Gasteiger partial charge in [-0.25, -0.2) is 4.68 Å². The van der Waals surface area contributed by atoms with Crippen LogP contribution in [0.3, 0.4) is 0 Å². The average Bonchev–Trinajstić information content (AvgIpc) is 3.17. The molecule has 0 saturated heterocycles. The molecule has 126 valence electrons. The first-order valence-electron chi connectivity index (χ1n) is 7.80. The number of ketones is 1. The molecule has 1 unspecified atom stereocenters. The summed E-state index contributed by atoms with van der Waals surface area (Å²) in [6, 6.07) is 17.6. The normalized spacial score (nSPS) is 11.7. The van der Waals surface area contributed by atoms with Gasteiger partial charge in [-0.15, -0.1) is 0 Å². The fourth-order valence-electron chi connectivity index (χ4n) is 2.44. The fourth-order valence-corrected chi connectivity index (χ4v) is 2.44. The van der Waals surface area contributed by atoms with E-state index < -0.39 is 17.7 Å². The van der Waals surface area contributed by atoms with Gasteiger partial charge in [-0.2, -0.15) is 5.10 Å². The second-order valence-electron chi connectivity index (χ2n) is 5.46. The molecule has 1 aromatic heterocycles. The predicted octanol–water partition coefficient (Wildman–Crippen LogP) is 1.90. The van der Waals surface area contributed by atoms with Crippen LogP contribution in [0.4, 0.5) is 0 Å². The maximum atomic E-state index is 12.3. The number of hydrogen-bond acceptors (Lipinski definition) is 4. The molecule has 0 aliphatic carbocycles. The topological polar surface area (TPSA) is 84.2 Å². The Bertz CT molecular complexity index is 860. The number of aromatic nitrogens is 2. The van der Waals surface area contributed by atoms with E-state index in [9.17, 15) is 14.7 Å². The van der Waals surface area contributed by atoms with Crippen molar-refractivity contribution in [3.63, 3.8) is 0 Å². The summed E-state index contributed by atoms with van der Waals surface area (Å²) in [5.41, 5.74) is 1.71. The summed E-state index contributed by atoms with van der Waals surface area (Å²) in [6.07, 6.45) is 2.86. The van der Waals surface area contributed by atoms with Crippen molar-refractivity contribution < 1.29 is 14.7 Å². The van der Waals surface area contributed by atoms with Crippen LogP contribution >= 0.6 is 0 Å². The number of benzene rings is 2. The minimum atomic E-state index is -0.782. The van der Waals surface area contributed by atoms with Crippen LogP contribution < -0.4 is 5.32 Å². The average molecular weight is 335 g/mol. The van der Waals surface area contributed by atoms with Crippen LogP contribution in [-0.4, -0.2) is 33.2 Å². The van der Waals surface area contributed by atoms with Crippen molar-refractivity contribution in [3.8, 4) is 5.69 Å². The largest absolute Gasteiger partial charge is 0.394 e. The van der Waals surface area contributed by atoms with Gasteiger partial charge in [0, 0.05) is 6.20 Å². The fraction of sp³-hybridized carbons (Fsp3) is 0.105. The Hall–Kier alpha value is -3.25. The minimum absolute atomic E-state index is 0.186. The van der Waals surface area contributed by atoms with Crippen LogP contribution in [0, 0.1) is 0 Å².